The number of rotatable bonds is 10. The minimum atomic E-state index is -1.10. The number of aliphatic hydroxyl groups excluding tert-OH is 2. The topological polar surface area (TPSA) is 82.7 Å². The largest absolute Gasteiger partial charge is 0.481 e. The van der Waals surface area contributed by atoms with E-state index in [4.69, 9.17) is 5.11 Å². The summed E-state index contributed by atoms with van der Waals surface area (Å²) in [6.45, 7) is 4.62. The third kappa shape index (κ3) is 5.84. The van der Waals surface area contributed by atoms with E-state index in [9.17, 15) is 19.4 Å². The minimum Gasteiger partial charge on any atom is -0.481 e. The van der Waals surface area contributed by atoms with Gasteiger partial charge in [-0.3, -0.25) is 4.79 Å². The highest BCUT2D eigenvalue weighted by atomic mass is 19.1. The van der Waals surface area contributed by atoms with Crippen LogP contribution in [-0.2, 0) is 11.3 Å². The molecule has 3 rings (SSSR count). The number of hydrogen-bond acceptors (Lipinski definition) is 3. The molecule has 0 bridgehead atoms. The minimum absolute atomic E-state index is 0.00851. The normalized spacial score (nSPS) is 13.3. The van der Waals surface area contributed by atoms with Crippen molar-refractivity contribution in [1.82, 2.24) is 4.57 Å². The van der Waals surface area contributed by atoms with Gasteiger partial charge in [-0.25, -0.2) is 4.39 Å². The van der Waals surface area contributed by atoms with Gasteiger partial charge in [-0.15, -0.1) is 0 Å². The van der Waals surface area contributed by atoms with E-state index in [2.05, 4.69) is 24.5 Å². The third-order valence-electron chi connectivity index (χ3n) is 5.54. The quantitative estimate of drug-likeness (QED) is 0.412. The number of carbonyl (C=O) groups is 1. The number of aliphatic carboxylic acids is 1. The fourth-order valence-electron chi connectivity index (χ4n) is 4.07. The van der Waals surface area contributed by atoms with Crippen LogP contribution >= 0.6 is 0 Å². The van der Waals surface area contributed by atoms with Gasteiger partial charge in [0.05, 0.1) is 24.3 Å². The molecular formula is C26H30FNO4. The molecule has 0 aliphatic rings. The fraction of sp³-hybridized carbons (Fsp3) is 0.346. The molecule has 6 heteroatoms. The Balaban J connectivity index is 2.00. The van der Waals surface area contributed by atoms with Crippen molar-refractivity contribution in [3.63, 3.8) is 0 Å². The number of aromatic nitrogens is 1. The standard InChI is InChI=1S/C26H30FNO4/c1-17(2)24-16-23(18-7-4-3-5-8-18)26(19-9-6-10-20(27)13-19)28(24)12-11-21(29)14-22(30)15-25(31)32/h3-10,13,16-17,21-22,29-30H,11-12,14-15H2,1-2H3,(H,31,32). The van der Waals surface area contributed by atoms with Gasteiger partial charge in [0.1, 0.15) is 5.82 Å². The summed E-state index contributed by atoms with van der Waals surface area (Å²) in [7, 11) is 0. The van der Waals surface area contributed by atoms with Crippen molar-refractivity contribution in [1.29, 1.82) is 0 Å². The molecule has 2 unspecified atom stereocenters. The van der Waals surface area contributed by atoms with Crippen LogP contribution < -0.4 is 0 Å². The summed E-state index contributed by atoms with van der Waals surface area (Å²) >= 11 is 0. The van der Waals surface area contributed by atoms with Gasteiger partial charge in [-0.2, -0.15) is 0 Å². The van der Waals surface area contributed by atoms with Gasteiger partial charge >= 0.3 is 5.97 Å². The molecule has 0 saturated carbocycles. The Bertz CT molecular complexity index is 1050. The molecule has 0 aliphatic carbocycles. The van der Waals surface area contributed by atoms with E-state index < -0.39 is 24.6 Å². The van der Waals surface area contributed by atoms with Crippen LogP contribution in [0, 0.1) is 5.82 Å². The predicted octanol–water partition coefficient (Wildman–Crippen LogP) is 5.06. The number of aliphatic hydroxyl groups is 2. The summed E-state index contributed by atoms with van der Waals surface area (Å²) in [5.74, 6) is -1.23. The summed E-state index contributed by atoms with van der Waals surface area (Å²) < 4.78 is 16.2. The van der Waals surface area contributed by atoms with Crippen molar-refractivity contribution in [2.75, 3.05) is 0 Å². The predicted molar refractivity (Wildman–Crippen MR) is 123 cm³/mol. The van der Waals surface area contributed by atoms with Crippen LogP contribution in [0.2, 0.25) is 0 Å². The molecule has 5 nitrogen and oxygen atoms in total. The molecule has 2 aromatic carbocycles. The van der Waals surface area contributed by atoms with Crippen LogP contribution in [0.4, 0.5) is 4.39 Å². The molecule has 0 fully saturated rings. The number of benzene rings is 2. The highest BCUT2D eigenvalue weighted by Gasteiger charge is 2.22. The molecule has 170 valence electrons. The lowest BCUT2D eigenvalue weighted by Gasteiger charge is -2.20. The zero-order chi connectivity index (χ0) is 23.3. The number of nitrogens with zero attached hydrogens (tertiary/aromatic N) is 1. The smallest absolute Gasteiger partial charge is 0.305 e. The second-order valence-electron chi connectivity index (χ2n) is 8.44. The zero-order valence-electron chi connectivity index (χ0n) is 18.4. The summed E-state index contributed by atoms with van der Waals surface area (Å²) in [6, 6.07) is 18.5. The summed E-state index contributed by atoms with van der Waals surface area (Å²) in [5.41, 5.74) is 4.68. The van der Waals surface area contributed by atoms with Gasteiger partial charge in [-0.05, 0) is 42.5 Å². The number of hydrogen-bond donors (Lipinski definition) is 3. The maximum atomic E-state index is 14.1. The van der Waals surface area contributed by atoms with E-state index in [1.807, 2.05) is 36.4 Å². The number of halogens is 1. The Labute approximate surface area is 187 Å². The van der Waals surface area contributed by atoms with Gasteiger partial charge in [0, 0.05) is 23.4 Å². The second kappa shape index (κ2) is 10.6. The van der Waals surface area contributed by atoms with Crippen molar-refractivity contribution < 1.29 is 24.5 Å². The van der Waals surface area contributed by atoms with Crippen LogP contribution in [0.1, 0.15) is 44.7 Å². The van der Waals surface area contributed by atoms with Crippen molar-refractivity contribution >= 4 is 5.97 Å². The lowest BCUT2D eigenvalue weighted by atomic mass is 10.0. The average molecular weight is 440 g/mol. The molecule has 0 radical (unpaired) electrons. The average Bonchev–Trinajstić information content (AvgIpc) is 3.12. The lowest BCUT2D eigenvalue weighted by Crippen LogP contribution is -2.22. The van der Waals surface area contributed by atoms with Gasteiger partial charge in [0.2, 0.25) is 0 Å². The van der Waals surface area contributed by atoms with E-state index in [0.717, 1.165) is 28.1 Å². The Hall–Kier alpha value is -2.96. The number of carboxylic acids is 1. The number of carboxylic acid groups (broad SMARTS) is 1. The summed E-state index contributed by atoms with van der Waals surface area (Å²) in [6.07, 6.45) is -2.02. The van der Waals surface area contributed by atoms with Crippen LogP contribution in [-0.4, -0.2) is 38.1 Å². The summed E-state index contributed by atoms with van der Waals surface area (Å²) in [4.78, 5) is 10.8. The van der Waals surface area contributed by atoms with E-state index in [1.54, 1.807) is 6.07 Å². The second-order valence-corrected chi connectivity index (χ2v) is 8.44. The molecule has 2 atom stereocenters. The highest BCUT2D eigenvalue weighted by Crippen LogP contribution is 2.38. The van der Waals surface area contributed by atoms with E-state index in [1.165, 1.54) is 12.1 Å². The molecule has 32 heavy (non-hydrogen) atoms. The first-order valence-corrected chi connectivity index (χ1v) is 10.9. The maximum Gasteiger partial charge on any atom is 0.305 e. The van der Waals surface area contributed by atoms with Gasteiger partial charge < -0.3 is 19.9 Å². The van der Waals surface area contributed by atoms with E-state index in [0.29, 0.717) is 13.0 Å². The van der Waals surface area contributed by atoms with Gasteiger partial charge in [-0.1, -0.05) is 56.3 Å². The SMILES string of the molecule is CC(C)c1cc(-c2ccccc2)c(-c2cccc(F)c2)n1CCC(O)CC(O)CC(=O)O. The van der Waals surface area contributed by atoms with Crippen molar-refractivity contribution in [3.8, 4) is 22.4 Å². The van der Waals surface area contributed by atoms with Crippen LogP contribution in [0.15, 0.2) is 60.7 Å². The van der Waals surface area contributed by atoms with Gasteiger partial charge in [0.15, 0.2) is 0 Å². The van der Waals surface area contributed by atoms with E-state index in [-0.39, 0.29) is 18.2 Å². The molecule has 1 aromatic heterocycles. The first-order valence-electron chi connectivity index (χ1n) is 10.9. The zero-order valence-corrected chi connectivity index (χ0v) is 18.4. The molecule has 0 spiro atoms. The Morgan fingerprint density at radius 2 is 1.66 bits per heavy atom. The first-order chi connectivity index (χ1) is 15.3. The molecule has 0 aliphatic heterocycles. The van der Waals surface area contributed by atoms with Crippen molar-refractivity contribution in [3.05, 3.63) is 72.2 Å². The molecule has 3 N–H and O–H groups in total. The molecule has 1 heterocycles. The maximum absolute atomic E-state index is 14.1. The molecular weight excluding hydrogens is 409 g/mol. The molecule has 3 aromatic rings. The molecule has 0 saturated heterocycles. The third-order valence-corrected chi connectivity index (χ3v) is 5.54. The highest BCUT2D eigenvalue weighted by molar-refractivity contribution is 5.82. The Morgan fingerprint density at radius 3 is 2.28 bits per heavy atom. The first kappa shape index (κ1) is 23.7. The fourth-order valence-corrected chi connectivity index (χ4v) is 4.07. The van der Waals surface area contributed by atoms with Crippen molar-refractivity contribution in [2.45, 2.75) is 57.8 Å². The van der Waals surface area contributed by atoms with Crippen LogP contribution in [0.25, 0.3) is 22.4 Å². The Kier molecular flexibility index (Phi) is 7.83. The monoisotopic (exact) mass is 439 g/mol. The lowest BCUT2D eigenvalue weighted by molar-refractivity contribution is -0.139. The Morgan fingerprint density at radius 1 is 0.969 bits per heavy atom. The van der Waals surface area contributed by atoms with E-state index >= 15 is 0 Å². The van der Waals surface area contributed by atoms with Crippen LogP contribution in [0.3, 0.4) is 0 Å². The van der Waals surface area contributed by atoms with Crippen molar-refractivity contribution in [2.24, 2.45) is 0 Å². The summed E-state index contributed by atoms with van der Waals surface area (Å²) in [5, 5.41) is 29.1. The van der Waals surface area contributed by atoms with Crippen LogP contribution in [0.5, 0.6) is 0 Å². The molecule has 0 amide bonds. The van der Waals surface area contributed by atoms with Gasteiger partial charge in [0.25, 0.3) is 0 Å².